The average molecular weight is 325 g/mol. The van der Waals surface area contributed by atoms with Crippen LogP contribution in [-0.4, -0.2) is 27.7 Å². The van der Waals surface area contributed by atoms with Gasteiger partial charge in [-0.15, -0.1) is 0 Å². The molecule has 6 heteroatoms. The third kappa shape index (κ3) is 3.81. The van der Waals surface area contributed by atoms with Gasteiger partial charge in [0.1, 0.15) is 5.76 Å². The summed E-state index contributed by atoms with van der Waals surface area (Å²) in [5.41, 5.74) is 1.78. The highest BCUT2D eigenvalue weighted by Gasteiger charge is 2.19. The summed E-state index contributed by atoms with van der Waals surface area (Å²) in [6.07, 6.45) is 3.45. The summed E-state index contributed by atoms with van der Waals surface area (Å²) in [5.74, 6) is 2.42. The van der Waals surface area contributed by atoms with Gasteiger partial charge in [-0.1, -0.05) is 0 Å². The summed E-state index contributed by atoms with van der Waals surface area (Å²) in [5, 5.41) is 4.00. The highest BCUT2D eigenvalue weighted by Crippen LogP contribution is 2.24. The van der Waals surface area contributed by atoms with Gasteiger partial charge in [-0.3, -0.25) is 4.21 Å². The van der Waals surface area contributed by atoms with E-state index < -0.39 is 10.8 Å². The number of oxazole rings is 1. The molecule has 21 heavy (non-hydrogen) atoms. The van der Waals surface area contributed by atoms with Crippen LogP contribution in [0.4, 0.5) is 0 Å². The van der Waals surface area contributed by atoms with E-state index in [1.807, 2.05) is 23.8 Å². The SMILES string of the molecule is Cc1oc(-c2ccsc2)nc1C[S@@](=O)C[C@H]1CCCCO1. The Morgan fingerprint density at radius 1 is 1.48 bits per heavy atom. The number of thiophene rings is 1. The van der Waals surface area contributed by atoms with E-state index in [0.717, 1.165) is 36.5 Å². The Balaban J connectivity index is 1.63. The lowest BCUT2D eigenvalue weighted by Crippen LogP contribution is -2.25. The van der Waals surface area contributed by atoms with Gasteiger partial charge in [-0.2, -0.15) is 11.3 Å². The smallest absolute Gasteiger partial charge is 0.227 e. The predicted octanol–water partition coefficient (Wildman–Crippen LogP) is 3.53. The van der Waals surface area contributed by atoms with E-state index in [1.54, 1.807) is 11.3 Å². The molecule has 2 atom stereocenters. The van der Waals surface area contributed by atoms with Crippen molar-refractivity contribution in [1.82, 2.24) is 4.98 Å². The molecule has 0 amide bonds. The van der Waals surface area contributed by atoms with E-state index in [1.165, 1.54) is 6.42 Å². The van der Waals surface area contributed by atoms with Crippen molar-refractivity contribution in [1.29, 1.82) is 0 Å². The Hall–Kier alpha value is -0.980. The van der Waals surface area contributed by atoms with Crippen LogP contribution in [0.15, 0.2) is 21.2 Å². The summed E-state index contributed by atoms with van der Waals surface area (Å²) in [6.45, 7) is 2.68. The van der Waals surface area contributed by atoms with Crippen molar-refractivity contribution in [3.63, 3.8) is 0 Å². The van der Waals surface area contributed by atoms with Crippen LogP contribution in [0.25, 0.3) is 11.5 Å². The van der Waals surface area contributed by atoms with Crippen molar-refractivity contribution in [3.05, 3.63) is 28.3 Å². The van der Waals surface area contributed by atoms with Gasteiger partial charge in [0.25, 0.3) is 0 Å². The van der Waals surface area contributed by atoms with Crippen LogP contribution >= 0.6 is 11.3 Å². The van der Waals surface area contributed by atoms with Crippen molar-refractivity contribution in [2.24, 2.45) is 0 Å². The largest absolute Gasteiger partial charge is 0.441 e. The maximum Gasteiger partial charge on any atom is 0.227 e. The molecule has 3 rings (SSSR count). The number of aromatic nitrogens is 1. The fourth-order valence-corrected chi connectivity index (χ4v) is 4.43. The molecule has 0 bridgehead atoms. The summed E-state index contributed by atoms with van der Waals surface area (Å²) in [4.78, 5) is 4.49. The number of nitrogens with zero attached hydrogens (tertiary/aromatic N) is 1. The molecule has 1 saturated heterocycles. The summed E-state index contributed by atoms with van der Waals surface area (Å²) in [6, 6.07) is 1.98. The number of aryl methyl sites for hydroxylation is 1. The summed E-state index contributed by atoms with van der Waals surface area (Å²) >= 11 is 1.61. The van der Waals surface area contributed by atoms with Crippen LogP contribution in [0, 0.1) is 6.92 Å². The number of hydrogen-bond acceptors (Lipinski definition) is 5. The van der Waals surface area contributed by atoms with Gasteiger partial charge in [0, 0.05) is 28.3 Å². The lowest BCUT2D eigenvalue weighted by Gasteiger charge is -2.21. The maximum absolute atomic E-state index is 12.3. The van der Waals surface area contributed by atoms with Crippen molar-refractivity contribution < 1.29 is 13.4 Å². The molecule has 0 radical (unpaired) electrons. The maximum atomic E-state index is 12.3. The van der Waals surface area contributed by atoms with Crippen LogP contribution in [0.2, 0.25) is 0 Å². The van der Waals surface area contributed by atoms with Crippen molar-refractivity contribution in [3.8, 4) is 11.5 Å². The highest BCUT2D eigenvalue weighted by atomic mass is 32.2. The summed E-state index contributed by atoms with van der Waals surface area (Å²) in [7, 11) is -0.957. The minimum absolute atomic E-state index is 0.142. The first-order valence-corrected chi connectivity index (χ1v) is 9.61. The van der Waals surface area contributed by atoms with E-state index in [4.69, 9.17) is 9.15 Å². The molecule has 0 spiro atoms. The second kappa shape index (κ2) is 6.85. The van der Waals surface area contributed by atoms with Crippen molar-refractivity contribution in [2.75, 3.05) is 12.4 Å². The Morgan fingerprint density at radius 3 is 3.10 bits per heavy atom. The monoisotopic (exact) mass is 325 g/mol. The zero-order chi connectivity index (χ0) is 14.7. The van der Waals surface area contributed by atoms with Gasteiger partial charge < -0.3 is 9.15 Å². The number of rotatable bonds is 5. The molecule has 3 heterocycles. The van der Waals surface area contributed by atoms with Crippen LogP contribution < -0.4 is 0 Å². The van der Waals surface area contributed by atoms with Crippen molar-refractivity contribution in [2.45, 2.75) is 38.0 Å². The fraction of sp³-hybridized carbons (Fsp3) is 0.533. The third-order valence-electron chi connectivity index (χ3n) is 3.60. The molecule has 0 aliphatic carbocycles. The molecule has 0 N–H and O–H groups in total. The van der Waals surface area contributed by atoms with E-state index in [-0.39, 0.29) is 6.10 Å². The minimum atomic E-state index is -0.957. The van der Waals surface area contributed by atoms with Gasteiger partial charge in [-0.05, 0) is 37.6 Å². The zero-order valence-corrected chi connectivity index (χ0v) is 13.7. The molecule has 114 valence electrons. The fourth-order valence-electron chi connectivity index (χ4n) is 2.43. The first-order valence-electron chi connectivity index (χ1n) is 7.18. The Labute approximate surface area is 131 Å². The minimum Gasteiger partial charge on any atom is -0.441 e. The lowest BCUT2D eigenvalue weighted by atomic mass is 10.1. The second-order valence-corrected chi connectivity index (χ2v) is 7.56. The quantitative estimate of drug-likeness (QED) is 0.844. The first kappa shape index (κ1) is 14.9. The Kier molecular flexibility index (Phi) is 4.87. The van der Waals surface area contributed by atoms with Crippen LogP contribution in [0.5, 0.6) is 0 Å². The van der Waals surface area contributed by atoms with E-state index in [0.29, 0.717) is 17.4 Å². The molecular weight excluding hydrogens is 306 g/mol. The average Bonchev–Trinajstić information content (AvgIpc) is 3.10. The molecule has 1 aliphatic heterocycles. The molecule has 0 unspecified atom stereocenters. The highest BCUT2D eigenvalue weighted by molar-refractivity contribution is 7.84. The molecule has 2 aromatic rings. The zero-order valence-electron chi connectivity index (χ0n) is 12.0. The van der Waals surface area contributed by atoms with Crippen molar-refractivity contribution >= 4 is 22.1 Å². The molecule has 0 aromatic carbocycles. The van der Waals surface area contributed by atoms with Crippen LogP contribution in [-0.2, 0) is 21.3 Å². The van der Waals surface area contributed by atoms with E-state index in [9.17, 15) is 4.21 Å². The molecule has 2 aromatic heterocycles. The van der Waals surface area contributed by atoms with Gasteiger partial charge in [0.2, 0.25) is 5.89 Å². The molecule has 4 nitrogen and oxygen atoms in total. The predicted molar refractivity (Wildman–Crippen MR) is 84.9 cm³/mol. The van der Waals surface area contributed by atoms with Gasteiger partial charge in [-0.25, -0.2) is 4.98 Å². The topological polar surface area (TPSA) is 52.3 Å². The lowest BCUT2D eigenvalue weighted by molar-refractivity contribution is 0.0310. The van der Waals surface area contributed by atoms with Crippen LogP contribution in [0.3, 0.4) is 0 Å². The Bertz CT molecular complexity index is 600. The normalized spacial score (nSPS) is 20.5. The van der Waals surface area contributed by atoms with Gasteiger partial charge in [0.05, 0.1) is 23.3 Å². The second-order valence-electron chi connectivity index (χ2n) is 5.27. The standard InChI is InChI=1S/C15H19NO3S2/c1-11-14(16-15(19-11)12-5-7-20-8-12)10-21(17)9-13-4-2-3-6-18-13/h5,7-8,13H,2-4,6,9-10H2,1H3/t13-,21+/m1/s1. The third-order valence-corrected chi connectivity index (χ3v) is 5.63. The Morgan fingerprint density at radius 2 is 2.38 bits per heavy atom. The molecule has 1 fully saturated rings. The number of ether oxygens (including phenoxy) is 1. The van der Waals surface area contributed by atoms with E-state index in [2.05, 4.69) is 4.98 Å². The van der Waals surface area contributed by atoms with Gasteiger partial charge >= 0.3 is 0 Å². The van der Waals surface area contributed by atoms with Crippen LogP contribution in [0.1, 0.15) is 30.7 Å². The molecular formula is C15H19NO3S2. The van der Waals surface area contributed by atoms with E-state index >= 15 is 0 Å². The summed E-state index contributed by atoms with van der Waals surface area (Å²) < 4.78 is 23.6. The molecule has 0 saturated carbocycles. The first-order chi connectivity index (χ1) is 10.2. The van der Waals surface area contributed by atoms with Gasteiger partial charge in [0.15, 0.2) is 0 Å². The molecule has 1 aliphatic rings. The number of hydrogen-bond donors (Lipinski definition) is 0.